The Morgan fingerprint density at radius 1 is 1.15 bits per heavy atom. The number of hydrogen-bond acceptors (Lipinski definition) is 3. The van der Waals surface area contributed by atoms with E-state index < -0.39 is 0 Å². The standard InChI is InChI=1S/C20H30BrN3O3/c1-15(25)23-9-11-24(12-10-23)19(26)22-8-5-13-27-18-7-6-16(14-17(18)21)20(2,3)4/h6-7,14H,5,8-13H2,1-4H3,(H,22,26). The minimum atomic E-state index is -0.0751. The highest BCUT2D eigenvalue weighted by molar-refractivity contribution is 9.10. The van der Waals surface area contributed by atoms with Gasteiger partial charge in [0.2, 0.25) is 5.91 Å². The Morgan fingerprint density at radius 2 is 1.78 bits per heavy atom. The van der Waals surface area contributed by atoms with Gasteiger partial charge in [-0.05, 0) is 45.5 Å². The summed E-state index contributed by atoms with van der Waals surface area (Å²) in [6.45, 7) is 11.5. The Kier molecular flexibility index (Phi) is 7.53. The molecule has 7 heteroatoms. The van der Waals surface area contributed by atoms with Crippen LogP contribution in [0.3, 0.4) is 0 Å². The van der Waals surface area contributed by atoms with E-state index in [1.807, 2.05) is 6.07 Å². The molecular weight excluding hydrogens is 410 g/mol. The molecule has 6 nitrogen and oxygen atoms in total. The number of carbonyl (C=O) groups excluding carboxylic acids is 2. The van der Waals surface area contributed by atoms with Crippen LogP contribution in [0.1, 0.15) is 39.7 Å². The smallest absolute Gasteiger partial charge is 0.317 e. The van der Waals surface area contributed by atoms with Crippen LogP contribution >= 0.6 is 15.9 Å². The Balaban J connectivity index is 1.67. The molecule has 0 saturated carbocycles. The second-order valence-electron chi connectivity index (χ2n) is 7.82. The topological polar surface area (TPSA) is 61.9 Å². The van der Waals surface area contributed by atoms with Gasteiger partial charge in [0.25, 0.3) is 0 Å². The number of ether oxygens (including phenoxy) is 1. The van der Waals surface area contributed by atoms with Crippen LogP contribution in [-0.2, 0) is 10.2 Å². The van der Waals surface area contributed by atoms with Crippen molar-refractivity contribution in [1.82, 2.24) is 15.1 Å². The van der Waals surface area contributed by atoms with Crippen molar-refractivity contribution in [3.05, 3.63) is 28.2 Å². The van der Waals surface area contributed by atoms with Gasteiger partial charge in [-0.3, -0.25) is 4.79 Å². The number of urea groups is 1. The molecule has 2 rings (SSSR count). The summed E-state index contributed by atoms with van der Waals surface area (Å²) >= 11 is 3.57. The van der Waals surface area contributed by atoms with Gasteiger partial charge in [0.15, 0.2) is 0 Å². The fourth-order valence-electron chi connectivity index (χ4n) is 2.87. The predicted octanol–water partition coefficient (Wildman–Crippen LogP) is 3.39. The van der Waals surface area contributed by atoms with Gasteiger partial charge >= 0.3 is 6.03 Å². The van der Waals surface area contributed by atoms with Crippen molar-refractivity contribution in [3.63, 3.8) is 0 Å². The summed E-state index contributed by atoms with van der Waals surface area (Å²) in [5.74, 6) is 0.878. The Morgan fingerprint density at radius 3 is 2.33 bits per heavy atom. The lowest BCUT2D eigenvalue weighted by atomic mass is 9.87. The molecule has 0 atom stereocenters. The number of halogens is 1. The highest BCUT2D eigenvalue weighted by Gasteiger charge is 2.21. The van der Waals surface area contributed by atoms with E-state index in [1.165, 1.54) is 5.56 Å². The number of rotatable bonds is 5. The van der Waals surface area contributed by atoms with Gasteiger partial charge in [-0.1, -0.05) is 26.8 Å². The van der Waals surface area contributed by atoms with E-state index in [0.717, 1.165) is 16.6 Å². The predicted molar refractivity (Wildman–Crippen MR) is 110 cm³/mol. The van der Waals surface area contributed by atoms with Crippen LogP contribution in [0.5, 0.6) is 5.75 Å². The van der Waals surface area contributed by atoms with Crippen LogP contribution in [0.25, 0.3) is 0 Å². The molecule has 0 aromatic heterocycles. The van der Waals surface area contributed by atoms with Crippen molar-refractivity contribution in [2.24, 2.45) is 0 Å². The van der Waals surface area contributed by atoms with E-state index >= 15 is 0 Å². The minimum absolute atomic E-state index is 0.0638. The third-order valence-corrected chi connectivity index (χ3v) is 5.28. The van der Waals surface area contributed by atoms with Crippen molar-refractivity contribution in [1.29, 1.82) is 0 Å². The zero-order valence-corrected chi connectivity index (χ0v) is 18.3. The van der Waals surface area contributed by atoms with Crippen LogP contribution < -0.4 is 10.1 Å². The molecular formula is C20H30BrN3O3. The van der Waals surface area contributed by atoms with Crippen molar-refractivity contribution >= 4 is 27.9 Å². The first kappa shape index (κ1) is 21.5. The molecule has 150 valence electrons. The number of hydrogen-bond donors (Lipinski definition) is 1. The molecule has 0 aliphatic carbocycles. The lowest BCUT2D eigenvalue weighted by Crippen LogP contribution is -2.52. The summed E-state index contributed by atoms with van der Waals surface area (Å²) in [6.07, 6.45) is 0.729. The highest BCUT2D eigenvalue weighted by Crippen LogP contribution is 2.31. The molecule has 0 radical (unpaired) electrons. The third-order valence-electron chi connectivity index (χ3n) is 4.67. The molecule has 1 fully saturated rings. The van der Waals surface area contributed by atoms with E-state index in [1.54, 1.807) is 16.7 Å². The zero-order chi connectivity index (χ0) is 20.0. The van der Waals surface area contributed by atoms with Crippen molar-refractivity contribution in [2.75, 3.05) is 39.3 Å². The maximum Gasteiger partial charge on any atom is 0.317 e. The lowest BCUT2D eigenvalue weighted by molar-refractivity contribution is -0.130. The molecule has 3 amide bonds. The number of benzene rings is 1. The van der Waals surface area contributed by atoms with E-state index in [4.69, 9.17) is 4.74 Å². The number of amides is 3. The summed E-state index contributed by atoms with van der Waals surface area (Å²) in [4.78, 5) is 27.0. The molecule has 1 N–H and O–H groups in total. The SMILES string of the molecule is CC(=O)N1CCN(C(=O)NCCCOc2ccc(C(C)(C)C)cc2Br)CC1. The largest absolute Gasteiger partial charge is 0.492 e. The van der Waals surface area contributed by atoms with E-state index in [-0.39, 0.29) is 17.4 Å². The molecule has 1 aromatic carbocycles. The van der Waals surface area contributed by atoms with Crippen LogP contribution in [0.15, 0.2) is 22.7 Å². The van der Waals surface area contributed by atoms with Gasteiger partial charge in [-0.15, -0.1) is 0 Å². The molecule has 1 saturated heterocycles. The number of carbonyl (C=O) groups is 2. The Labute approximate surface area is 170 Å². The fraction of sp³-hybridized carbons (Fsp3) is 0.600. The fourth-order valence-corrected chi connectivity index (χ4v) is 3.36. The van der Waals surface area contributed by atoms with Crippen LogP contribution in [0, 0.1) is 0 Å². The van der Waals surface area contributed by atoms with Gasteiger partial charge in [0.1, 0.15) is 5.75 Å². The maximum absolute atomic E-state index is 12.2. The highest BCUT2D eigenvalue weighted by atomic mass is 79.9. The monoisotopic (exact) mass is 439 g/mol. The summed E-state index contributed by atoms with van der Waals surface area (Å²) in [5, 5.41) is 2.92. The first-order valence-electron chi connectivity index (χ1n) is 9.39. The number of nitrogens with one attached hydrogen (secondary N) is 1. The van der Waals surface area contributed by atoms with Crippen molar-refractivity contribution < 1.29 is 14.3 Å². The normalized spacial score (nSPS) is 14.9. The lowest BCUT2D eigenvalue weighted by Gasteiger charge is -2.34. The minimum Gasteiger partial charge on any atom is -0.492 e. The third kappa shape index (κ3) is 6.41. The van der Waals surface area contributed by atoms with Crippen molar-refractivity contribution in [3.8, 4) is 5.75 Å². The first-order chi connectivity index (χ1) is 12.7. The average Bonchev–Trinajstić information content (AvgIpc) is 2.61. The molecule has 0 unspecified atom stereocenters. The second kappa shape index (κ2) is 9.44. The average molecular weight is 440 g/mol. The van der Waals surface area contributed by atoms with Gasteiger partial charge in [0.05, 0.1) is 11.1 Å². The first-order valence-corrected chi connectivity index (χ1v) is 10.2. The van der Waals surface area contributed by atoms with E-state index in [2.05, 4.69) is 54.2 Å². The number of nitrogens with zero attached hydrogens (tertiary/aromatic N) is 2. The summed E-state index contributed by atoms with van der Waals surface area (Å²) < 4.78 is 6.76. The quantitative estimate of drug-likeness (QED) is 0.715. The maximum atomic E-state index is 12.2. The van der Waals surface area contributed by atoms with Crippen LogP contribution in [0.2, 0.25) is 0 Å². The molecule has 1 heterocycles. The van der Waals surface area contributed by atoms with Gasteiger partial charge < -0.3 is 19.9 Å². The van der Waals surface area contributed by atoms with E-state index in [0.29, 0.717) is 39.3 Å². The van der Waals surface area contributed by atoms with Gasteiger partial charge in [0, 0.05) is 39.6 Å². The Hall–Kier alpha value is -1.76. The number of piperazine rings is 1. The second-order valence-corrected chi connectivity index (χ2v) is 8.68. The molecule has 1 aliphatic rings. The Bertz CT molecular complexity index is 665. The van der Waals surface area contributed by atoms with Gasteiger partial charge in [-0.2, -0.15) is 0 Å². The summed E-state index contributed by atoms with van der Waals surface area (Å²) in [5.41, 5.74) is 1.35. The summed E-state index contributed by atoms with van der Waals surface area (Å²) in [7, 11) is 0. The van der Waals surface area contributed by atoms with Crippen LogP contribution in [-0.4, -0.2) is 61.1 Å². The molecule has 0 spiro atoms. The molecule has 1 aliphatic heterocycles. The zero-order valence-electron chi connectivity index (χ0n) is 16.7. The summed E-state index contributed by atoms with van der Waals surface area (Å²) in [6, 6.07) is 6.09. The molecule has 0 bridgehead atoms. The van der Waals surface area contributed by atoms with Crippen LogP contribution in [0.4, 0.5) is 4.79 Å². The van der Waals surface area contributed by atoms with Gasteiger partial charge in [-0.25, -0.2) is 4.79 Å². The molecule has 1 aromatic rings. The molecule has 27 heavy (non-hydrogen) atoms. The van der Waals surface area contributed by atoms with Crippen molar-refractivity contribution in [2.45, 2.75) is 39.5 Å². The van der Waals surface area contributed by atoms with E-state index in [9.17, 15) is 9.59 Å².